The summed E-state index contributed by atoms with van der Waals surface area (Å²) in [6, 6.07) is 6.54. The number of benzene rings is 1. The van der Waals surface area contributed by atoms with E-state index in [0.717, 1.165) is 17.0 Å². The number of phenols is 1. The van der Waals surface area contributed by atoms with Crippen LogP contribution in [-0.4, -0.2) is 27.0 Å². The number of imidazole rings is 1. The zero-order valence-electron chi connectivity index (χ0n) is 10.9. The van der Waals surface area contributed by atoms with E-state index in [1.165, 1.54) is 0 Å². The Balaban J connectivity index is 1.56. The van der Waals surface area contributed by atoms with Crippen molar-refractivity contribution in [3.63, 3.8) is 0 Å². The SMILES string of the molecule is O=C(NCc1ccc(O)cc1)C1Cc2nc[nH]c2CN1. The molecule has 1 unspecified atom stereocenters. The molecule has 0 saturated heterocycles. The zero-order valence-corrected chi connectivity index (χ0v) is 10.9. The predicted molar refractivity (Wildman–Crippen MR) is 72.9 cm³/mol. The van der Waals surface area contributed by atoms with Gasteiger partial charge < -0.3 is 15.4 Å². The number of rotatable bonds is 3. The normalized spacial score (nSPS) is 17.5. The molecule has 1 aliphatic heterocycles. The molecule has 0 saturated carbocycles. The standard InChI is InChI=1S/C14H16N4O2/c19-10-3-1-9(2-4-10)6-16-14(20)12-5-11-13(7-15-12)18-8-17-11/h1-4,8,12,15,19H,5-7H2,(H,16,20)(H,17,18). The molecule has 1 aromatic heterocycles. The highest BCUT2D eigenvalue weighted by atomic mass is 16.3. The fourth-order valence-corrected chi connectivity index (χ4v) is 2.28. The molecule has 0 bridgehead atoms. The van der Waals surface area contributed by atoms with E-state index >= 15 is 0 Å². The minimum Gasteiger partial charge on any atom is -0.508 e. The van der Waals surface area contributed by atoms with E-state index in [1.807, 2.05) is 0 Å². The van der Waals surface area contributed by atoms with Crippen molar-refractivity contribution in [3.05, 3.63) is 47.5 Å². The van der Waals surface area contributed by atoms with Gasteiger partial charge in [-0.05, 0) is 17.7 Å². The van der Waals surface area contributed by atoms with Gasteiger partial charge in [0.15, 0.2) is 0 Å². The van der Waals surface area contributed by atoms with Crippen molar-refractivity contribution < 1.29 is 9.90 Å². The van der Waals surface area contributed by atoms with E-state index < -0.39 is 0 Å². The minimum absolute atomic E-state index is 0.0354. The maximum absolute atomic E-state index is 12.1. The van der Waals surface area contributed by atoms with Crippen LogP contribution in [0, 0.1) is 0 Å². The number of amides is 1. The lowest BCUT2D eigenvalue weighted by Gasteiger charge is -2.22. The van der Waals surface area contributed by atoms with E-state index in [9.17, 15) is 9.90 Å². The number of phenolic OH excluding ortho intramolecular Hbond substituents is 1. The first kappa shape index (κ1) is 12.7. The van der Waals surface area contributed by atoms with Gasteiger partial charge in [-0.1, -0.05) is 12.1 Å². The number of carbonyl (C=O) groups excluding carboxylic acids is 1. The summed E-state index contributed by atoms with van der Waals surface area (Å²) in [6.45, 7) is 1.08. The van der Waals surface area contributed by atoms with Crippen LogP contribution < -0.4 is 10.6 Å². The Labute approximate surface area is 116 Å². The fraction of sp³-hybridized carbons (Fsp3) is 0.286. The average Bonchev–Trinajstić information content (AvgIpc) is 2.93. The average molecular weight is 272 g/mol. The lowest BCUT2D eigenvalue weighted by Crippen LogP contribution is -2.47. The molecule has 0 fully saturated rings. The minimum atomic E-state index is -0.247. The maximum atomic E-state index is 12.1. The highest BCUT2D eigenvalue weighted by Crippen LogP contribution is 2.13. The molecule has 6 nitrogen and oxygen atoms in total. The molecule has 2 aromatic rings. The van der Waals surface area contributed by atoms with E-state index in [-0.39, 0.29) is 17.7 Å². The van der Waals surface area contributed by atoms with Crippen LogP contribution in [0.1, 0.15) is 17.0 Å². The van der Waals surface area contributed by atoms with Gasteiger partial charge in [0, 0.05) is 19.5 Å². The quantitative estimate of drug-likeness (QED) is 0.653. The van der Waals surface area contributed by atoms with Gasteiger partial charge in [0.25, 0.3) is 0 Å². The largest absolute Gasteiger partial charge is 0.508 e. The number of aromatic hydroxyl groups is 1. The second-order valence-electron chi connectivity index (χ2n) is 4.85. The summed E-state index contributed by atoms with van der Waals surface area (Å²) in [5.41, 5.74) is 2.95. The fourth-order valence-electron chi connectivity index (χ4n) is 2.28. The molecule has 1 aliphatic rings. The monoisotopic (exact) mass is 272 g/mol. The number of hydrogen-bond donors (Lipinski definition) is 4. The van der Waals surface area contributed by atoms with Crippen LogP contribution in [0.4, 0.5) is 0 Å². The van der Waals surface area contributed by atoms with Crippen LogP contribution in [-0.2, 0) is 24.3 Å². The van der Waals surface area contributed by atoms with Crippen molar-refractivity contribution >= 4 is 5.91 Å². The van der Waals surface area contributed by atoms with Gasteiger partial charge >= 0.3 is 0 Å². The molecule has 104 valence electrons. The third-order valence-corrected chi connectivity index (χ3v) is 3.45. The van der Waals surface area contributed by atoms with Crippen molar-refractivity contribution in [2.45, 2.75) is 25.6 Å². The number of carbonyl (C=O) groups is 1. The zero-order chi connectivity index (χ0) is 13.9. The van der Waals surface area contributed by atoms with Gasteiger partial charge in [-0.2, -0.15) is 0 Å². The second kappa shape index (κ2) is 5.34. The first-order valence-corrected chi connectivity index (χ1v) is 6.52. The van der Waals surface area contributed by atoms with Crippen molar-refractivity contribution in [2.24, 2.45) is 0 Å². The summed E-state index contributed by atoms with van der Waals surface area (Å²) in [5, 5.41) is 15.3. The van der Waals surface area contributed by atoms with Crippen LogP contribution in [0.3, 0.4) is 0 Å². The Morgan fingerprint density at radius 2 is 2.20 bits per heavy atom. The van der Waals surface area contributed by atoms with Gasteiger partial charge in [0.2, 0.25) is 5.91 Å². The molecule has 0 spiro atoms. The summed E-state index contributed by atoms with van der Waals surface area (Å²) in [6.07, 6.45) is 2.25. The Kier molecular flexibility index (Phi) is 3.39. The lowest BCUT2D eigenvalue weighted by molar-refractivity contribution is -0.123. The van der Waals surface area contributed by atoms with Crippen LogP contribution in [0.25, 0.3) is 0 Å². The summed E-state index contributed by atoms with van der Waals surface area (Å²) < 4.78 is 0. The third-order valence-electron chi connectivity index (χ3n) is 3.45. The van der Waals surface area contributed by atoms with Crippen molar-refractivity contribution in [1.82, 2.24) is 20.6 Å². The maximum Gasteiger partial charge on any atom is 0.237 e. The molecule has 0 radical (unpaired) electrons. The van der Waals surface area contributed by atoms with Crippen molar-refractivity contribution in [3.8, 4) is 5.75 Å². The highest BCUT2D eigenvalue weighted by molar-refractivity contribution is 5.82. The number of fused-ring (bicyclic) bond motifs is 1. The molecule has 1 amide bonds. The molecule has 4 N–H and O–H groups in total. The molecule has 1 aromatic carbocycles. The van der Waals surface area contributed by atoms with Crippen molar-refractivity contribution in [2.75, 3.05) is 0 Å². The summed E-state index contributed by atoms with van der Waals surface area (Å²) in [5.74, 6) is 0.187. The van der Waals surface area contributed by atoms with E-state index in [4.69, 9.17) is 0 Å². The Morgan fingerprint density at radius 3 is 3.00 bits per heavy atom. The van der Waals surface area contributed by atoms with Crippen molar-refractivity contribution in [1.29, 1.82) is 0 Å². The smallest absolute Gasteiger partial charge is 0.237 e. The van der Waals surface area contributed by atoms with Gasteiger partial charge in [-0.3, -0.25) is 10.1 Å². The summed E-state index contributed by atoms with van der Waals surface area (Å²) >= 11 is 0. The molecule has 1 atom stereocenters. The first-order chi connectivity index (χ1) is 9.72. The number of aromatic amines is 1. The van der Waals surface area contributed by atoms with E-state index in [1.54, 1.807) is 30.6 Å². The second-order valence-corrected chi connectivity index (χ2v) is 4.85. The molecule has 3 rings (SSSR count). The van der Waals surface area contributed by atoms with Crippen LogP contribution in [0.5, 0.6) is 5.75 Å². The molecule has 20 heavy (non-hydrogen) atoms. The van der Waals surface area contributed by atoms with Gasteiger partial charge in [0.1, 0.15) is 5.75 Å². The Bertz CT molecular complexity index is 606. The van der Waals surface area contributed by atoms with E-state index in [0.29, 0.717) is 19.5 Å². The van der Waals surface area contributed by atoms with Crippen LogP contribution in [0.2, 0.25) is 0 Å². The van der Waals surface area contributed by atoms with Gasteiger partial charge in [-0.25, -0.2) is 4.98 Å². The summed E-state index contributed by atoms with van der Waals surface area (Å²) in [7, 11) is 0. The Morgan fingerprint density at radius 1 is 1.40 bits per heavy atom. The third kappa shape index (κ3) is 2.65. The Hall–Kier alpha value is -2.34. The molecular formula is C14H16N4O2. The number of aromatic nitrogens is 2. The molecule has 6 heteroatoms. The number of hydrogen-bond acceptors (Lipinski definition) is 4. The van der Waals surface area contributed by atoms with Crippen LogP contribution in [0.15, 0.2) is 30.6 Å². The van der Waals surface area contributed by atoms with E-state index in [2.05, 4.69) is 20.6 Å². The topological polar surface area (TPSA) is 90.0 Å². The number of nitrogens with zero attached hydrogens (tertiary/aromatic N) is 1. The van der Waals surface area contributed by atoms with Gasteiger partial charge in [0.05, 0.1) is 23.8 Å². The molecule has 0 aliphatic carbocycles. The lowest BCUT2D eigenvalue weighted by atomic mass is 10.0. The van der Waals surface area contributed by atoms with Crippen LogP contribution >= 0.6 is 0 Å². The molecule has 2 heterocycles. The summed E-state index contributed by atoms with van der Waals surface area (Å²) in [4.78, 5) is 19.4. The van der Waals surface area contributed by atoms with Gasteiger partial charge in [-0.15, -0.1) is 0 Å². The first-order valence-electron chi connectivity index (χ1n) is 6.52. The number of nitrogens with one attached hydrogen (secondary N) is 3. The predicted octanol–water partition coefficient (Wildman–Crippen LogP) is 0.446. The number of H-pyrrole nitrogens is 1. The highest BCUT2D eigenvalue weighted by Gasteiger charge is 2.25. The molecular weight excluding hydrogens is 256 g/mol.